The van der Waals surface area contributed by atoms with Crippen molar-refractivity contribution in [2.45, 2.75) is 25.3 Å². The highest BCUT2D eigenvalue weighted by Gasteiger charge is 2.59. The lowest BCUT2D eigenvalue weighted by Crippen LogP contribution is -2.53. The van der Waals surface area contributed by atoms with Gasteiger partial charge in [-0.05, 0) is 26.0 Å². The first-order chi connectivity index (χ1) is 13.9. The summed E-state index contributed by atoms with van der Waals surface area (Å²) in [6.07, 6.45) is 0. The zero-order valence-corrected chi connectivity index (χ0v) is 17.0. The predicted molar refractivity (Wildman–Crippen MR) is 109 cm³/mol. The number of anilines is 1. The first kappa shape index (κ1) is 19.7. The topological polar surface area (TPSA) is 52.7 Å². The summed E-state index contributed by atoms with van der Waals surface area (Å²) in [4.78, 5) is 28.3. The number of nitrogens with one attached hydrogen (secondary N) is 1. The van der Waals surface area contributed by atoms with Crippen molar-refractivity contribution >= 4 is 29.4 Å². The number of nitrogens with zero attached hydrogens (tertiary/aromatic N) is 2. The van der Waals surface area contributed by atoms with Crippen LogP contribution < -0.4 is 10.2 Å². The second-order valence-corrected chi connectivity index (χ2v) is 8.41. The highest BCUT2D eigenvalue weighted by molar-refractivity contribution is 8.01. The van der Waals surface area contributed by atoms with Gasteiger partial charge in [0.15, 0.2) is 4.87 Å². The predicted octanol–water partition coefficient (Wildman–Crippen LogP) is 3.75. The maximum Gasteiger partial charge on any atom is 0.319 e. The molecule has 8 heteroatoms. The first-order valence-electron chi connectivity index (χ1n) is 9.45. The summed E-state index contributed by atoms with van der Waals surface area (Å²) in [5.41, 5.74) is 2.57. The van der Waals surface area contributed by atoms with Crippen LogP contribution in [0.25, 0.3) is 0 Å². The third kappa shape index (κ3) is 3.06. The molecule has 0 unspecified atom stereocenters. The Bertz CT molecular complexity index is 1000. The number of hydrogen-bond donors (Lipinski definition) is 1. The number of halogens is 2. The molecule has 3 amide bonds. The van der Waals surface area contributed by atoms with Crippen molar-refractivity contribution in [1.82, 2.24) is 10.2 Å². The van der Waals surface area contributed by atoms with Gasteiger partial charge in [0.1, 0.15) is 11.6 Å². The lowest BCUT2D eigenvalue weighted by Gasteiger charge is -2.33. The van der Waals surface area contributed by atoms with Crippen molar-refractivity contribution in [3.05, 3.63) is 64.7 Å². The van der Waals surface area contributed by atoms with Gasteiger partial charge < -0.3 is 10.2 Å². The van der Waals surface area contributed by atoms with Crippen molar-refractivity contribution in [3.63, 3.8) is 0 Å². The van der Waals surface area contributed by atoms with Crippen molar-refractivity contribution < 1.29 is 18.4 Å². The molecule has 0 radical (unpaired) electrons. The van der Waals surface area contributed by atoms with Gasteiger partial charge in [0, 0.05) is 36.0 Å². The second kappa shape index (κ2) is 7.33. The van der Waals surface area contributed by atoms with Crippen LogP contribution in [0.5, 0.6) is 0 Å². The Kier molecular flexibility index (Phi) is 4.98. The number of rotatable bonds is 3. The molecule has 0 bridgehead atoms. The fourth-order valence-corrected chi connectivity index (χ4v) is 5.40. The zero-order valence-electron chi connectivity index (χ0n) is 16.2. The highest BCUT2D eigenvalue weighted by atomic mass is 32.2. The molecule has 2 aromatic rings. The molecular formula is C21H21F2N3O2S. The number of aryl methyl sites for hydroxylation is 1. The van der Waals surface area contributed by atoms with Gasteiger partial charge in [0.25, 0.3) is 5.91 Å². The molecule has 152 valence electrons. The van der Waals surface area contributed by atoms with Gasteiger partial charge in [0.2, 0.25) is 0 Å². The summed E-state index contributed by atoms with van der Waals surface area (Å²) < 4.78 is 27.6. The molecule has 1 N–H and O–H groups in total. The Balaban J connectivity index is 1.80. The van der Waals surface area contributed by atoms with Crippen LogP contribution >= 0.6 is 11.8 Å². The van der Waals surface area contributed by atoms with Gasteiger partial charge in [0.05, 0.1) is 12.2 Å². The Labute approximate surface area is 172 Å². The van der Waals surface area contributed by atoms with Gasteiger partial charge in [-0.15, -0.1) is 11.8 Å². The standard InChI is InChI=1S/C21H21F2N3O2S/c1-3-24-20(28)26-8-9-29-21(26)16-10-13(2)4-7-18(16)25(19(21)27)12-14-5-6-15(22)11-17(14)23/h4-7,10-11H,3,8-9,12H2,1-2H3,(H,24,28)/t21-/m1/s1. The Hall–Kier alpha value is -2.61. The van der Waals surface area contributed by atoms with Crippen LogP contribution in [-0.4, -0.2) is 35.7 Å². The molecule has 0 saturated carbocycles. The SMILES string of the molecule is CCNC(=O)N1CCS[C@]12C(=O)N(Cc1ccc(F)cc1F)c1ccc(C)cc12. The van der Waals surface area contributed by atoms with Crippen LogP contribution in [0.1, 0.15) is 23.6 Å². The van der Waals surface area contributed by atoms with E-state index in [4.69, 9.17) is 0 Å². The second-order valence-electron chi connectivity index (χ2n) is 7.13. The number of amides is 3. The quantitative estimate of drug-likeness (QED) is 0.828. The maximum atomic E-state index is 14.3. The fourth-order valence-electron chi connectivity index (χ4n) is 3.95. The molecule has 1 saturated heterocycles. The number of carbonyl (C=O) groups excluding carboxylic acids is 2. The number of urea groups is 1. The fraction of sp³-hybridized carbons (Fsp3) is 0.333. The van der Waals surface area contributed by atoms with Crippen LogP contribution in [0.4, 0.5) is 19.3 Å². The summed E-state index contributed by atoms with van der Waals surface area (Å²) in [7, 11) is 0. The van der Waals surface area contributed by atoms with E-state index in [0.717, 1.165) is 17.2 Å². The Morgan fingerprint density at radius 2 is 2.03 bits per heavy atom. The molecule has 0 aromatic heterocycles. The largest absolute Gasteiger partial charge is 0.338 e. The third-order valence-corrected chi connectivity index (χ3v) is 6.69. The van der Waals surface area contributed by atoms with Crippen molar-refractivity contribution in [3.8, 4) is 0 Å². The molecule has 2 aliphatic rings. The highest BCUT2D eigenvalue weighted by Crippen LogP contribution is 2.54. The van der Waals surface area contributed by atoms with Crippen LogP contribution in [-0.2, 0) is 16.2 Å². The summed E-state index contributed by atoms with van der Waals surface area (Å²) in [5, 5.41) is 2.79. The lowest BCUT2D eigenvalue weighted by atomic mass is 10.0. The van der Waals surface area contributed by atoms with Gasteiger partial charge >= 0.3 is 6.03 Å². The maximum absolute atomic E-state index is 14.3. The molecule has 4 rings (SSSR count). The monoisotopic (exact) mass is 417 g/mol. The zero-order chi connectivity index (χ0) is 20.8. The van der Waals surface area contributed by atoms with E-state index >= 15 is 0 Å². The Morgan fingerprint density at radius 3 is 2.76 bits per heavy atom. The van der Waals surface area contributed by atoms with Crippen LogP contribution in [0.15, 0.2) is 36.4 Å². The lowest BCUT2D eigenvalue weighted by molar-refractivity contribution is -0.123. The van der Waals surface area contributed by atoms with E-state index in [9.17, 15) is 18.4 Å². The number of hydrogen-bond acceptors (Lipinski definition) is 3. The Morgan fingerprint density at radius 1 is 1.24 bits per heavy atom. The summed E-state index contributed by atoms with van der Waals surface area (Å²) >= 11 is 1.42. The smallest absolute Gasteiger partial charge is 0.319 e. The minimum Gasteiger partial charge on any atom is -0.338 e. The van der Waals surface area contributed by atoms with Gasteiger partial charge in [-0.3, -0.25) is 9.69 Å². The van der Waals surface area contributed by atoms with Crippen LogP contribution in [0, 0.1) is 18.6 Å². The molecule has 1 fully saturated rings. The van der Waals surface area contributed by atoms with E-state index in [0.29, 0.717) is 24.5 Å². The van der Waals surface area contributed by atoms with Crippen LogP contribution in [0.2, 0.25) is 0 Å². The van der Waals surface area contributed by atoms with Gasteiger partial charge in [-0.2, -0.15) is 0 Å². The summed E-state index contributed by atoms with van der Waals surface area (Å²) in [6.45, 7) is 4.61. The molecule has 2 aromatic carbocycles. The molecule has 1 atom stereocenters. The average Bonchev–Trinajstić information content (AvgIpc) is 3.21. The van der Waals surface area contributed by atoms with E-state index in [2.05, 4.69) is 5.32 Å². The number of fused-ring (bicyclic) bond motifs is 2. The molecule has 2 aliphatic heterocycles. The van der Waals surface area contributed by atoms with Crippen LogP contribution in [0.3, 0.4) is 0 Å². The van der Waals surface area contributed by atoms with Crippen molar-refractivity contribution in [2.75, 3.05) is 23.7 Å². The van der Waals surface area contributed by atoms with Gasteiger partial charge in [-0.1, -0.05) is 23.8 Å². The molecule has 2 heterocycles. The van der Waals surface area contributed by atoms with E-state index in [1.165, 1.54) is 28.8 Å². The number of benzene rings is 2. The molecular weight excluding hydrogens is 396 g/mol. The molecule has 5 nitrogen and oxygen atoms in total. The normalized spacial score (nSPS) is 20.5. The molecule has 0 aliphatic carbocycles. The first-order valence-corrected chi connectivity index (χ1v) is 10.4. The number of carbonyl (C=O) groups is 2. The van der Waals surface area contributed by atoms with E-state index in [1.807, 2.05) is 32.0 Å². The van der Waals surface area contributed by atoms with Gasteiger partial charge in [-0.25, -0.2) is 13.6 Å². The van der Waals surface area contributed by atoms with Crippen molar-refractivity contribution in [2.24, 2.45) is 0 Å². The van der Waals surface area contributed by atoms with E-state index < -0.39 is 16.5 Å². The number of thioether (sulfide) groups is 1. The summed E-state index contributed by atoms with van der Waals surface area (Å²) in [6, 6.07) is 8.67. The average molecular weight is 417 g/mol. The minimum absolute atomic E-state index is 0.0352. The van der Waals surface area contributed by atoms with E-state index in [1.54, 1.807) is 4.90 Å². The third-order valence-electron chi connectivity index (χ3n) is 5.27. The summed E-state index contributed by atoms with van der Waals surface area (Å²) in [5.74, 6) is -1.03. The molecule has 29 heavy (non-hydrogen) atoms. The molecule has 1 spiro atoms. The van der Waals surface area contributed by atoms with Crippen molar-refractivity contribution in [1.29, 1.82) is 0 Å². The minimum atomic E-state index is -1.17. The van der Waals surface area contributed by atoms with E-state index in [-0.39, 0.29) is 24.0 Å².